The number of rotatable bonds is 6. The number of thioether (sulfide) groups is 1. The molecule has 3 rings (SSSR count). The molecule has 2 aromatic carbocycles. The van der Waals surface area contributed by atoms with Gasteiger partial charge in [0.25, 0.3) is 5.91 Å². The second-order valence-corrected chi connectivity index (χ2v) is 7.95. The Kier molecular flexibility index (Phi) is 5.82. The van der Waals surface area contributed by atoms with Crippen LogP contribution in [0, 0.1) is 13.8 Å². The lowest BCUT2D eigenvalue weighted by atomic mass is 9.82. The predicted molar refractivity (Wildman–Crippen MR) is 111 cm³/mol. The first-order valence-corrected chi connectivity index (χ1v) is 10.2. The molecule has 0 saturated carbocycles. The number of carbonyl (C=O) groups is 1. The van der Waals surface area contributed by atoms with Gasteiger partial charge < -0.3 is 5.32 Å². The Labute approximate surface area is 160 Å². The zero-order valence-electron chi connectivity index (χ0n) is 15.7. The van der Waals surface area contributed by atoms with E-state index in [2.05, 4.69) is 26.1 Å². The highest BCUT2D eigenvalue weighted by Crippen LogP contribution is 2.38. The summed E-state index contributed by atoms with van der Waals surface area (Å²) < 4.78 is 0. The summed E-state index contributed by atoms with van der Waals surface area (Å²) in [6.07, 6.45) is 3.53. The average Bonchev–Trinajstić information content (AvgIpc) is 2.97. The van der Waals surface area contributed by atoms with Crippen LogP contribution in [0.15, 0.2) is 53.5 Å². The van der Waals surface area contributed by atoms with Gasteiger partial charge in [0, 0.05) is 5.75 Å². The lowest BCUT2D eigenvalue weighted by Crippen LogP contribution is -2.38. The molecule has 1 amide bonds. The standard InChI is InChI=1S/C22H26N2OS/c1-4-5-6-15-26-21-23-20(25)22(24-21,18-11-7-16(2)8-12-18)19-13-9-17(3)10-14-19/h7-14H,4-6,15H2,1-3H3,(H,23,24,25). The molecule has 0 radical (unpaired) electrons. The van der Waals surface area contributed by atoms with E-state index in [1.807, 2.05) is 48.5 Å². The Hall–Kier alpha value is -2.07. The Morgan fingerprint density at radius 2 is 1.46 bits per heavy atom. The van der Waals surface area contributed by atoms with Gasteiger partial charge in [-0.25, -0.2) is 4.99 Å². The number of unbranched alkanes of at least 4 members (excludes halogenated alkanes) is 2. The minimum Gasteiger partial charge on any atom is -0.303 e. The second kappa shape index (κ2) is 8.09. The van der Waals surface area contributed by atoms with E-state index in [-0.39, 0.29) is 5.91 Å². The van der Waals surface area contributed by atoms with Crippen molar-refractivity contribution in [2.75, 3.05) is 5.75 Å². The van der Waals surface area contributed by atoms with Crippen molar-refractivity contribution in [3.63, 3.8) is 0 Å². The van der Waals surface area contributed by atoms with Crippen molar-refractivity contribution >= 4 is 22.8 Å². The van der Waals surface area contributed by atoms with Crippen molar-refractivity contribution in [2.45, 2.75) is 45.6 Å². The predicted octanol–water partition coefficient (Wildman–Crippen LogP) is 4.96. The van der Waals surface area contributed by atoms with Crippen LogP contribution >= 0.6 is 11.8 Å². The minimum atomic E-state index is -0.992. The summed E-state index contributed by atoms with van der Waals surface area (Å²) in [5.74, 6) is 0.911. The molecule has 1 N–H and O–H groups in total. The fourth-order valence-electron chi connectivity index (χ4n) is 3.16. The number of carbonyl (C=O) groups excluding carboxylic acids is 1. The van der Waals surface area contributed by atoms with E-state index < -0.39 is 5.54 Å². The van der Waals surface area contributed by atoms with E-state index in [0.717, 1.165) is 28.5 Å². The molecule has 1 heterocycles. The molecular formula is C22H26N2OS. The molecule has 1 aliphatic rings. The highest BCUT2D eigenvalue weighted by molar-refractivity contribution is 8.13. The van der Waals surface area contributed by atoms with Crippen LogP contribution in [0.4, 0.5) is 0 Å². The highest BCUT2D eigenvalue weighted by Gasteiger charge is 2.46. The van der Waals surface area contributed by atoms with Gasteiger partial charge in [0.1, 0.15) is 0 Å². The maximum Gasteiger partial charge on any atom is 0.263 e. The number of aryl methyl sites for hydroxylation is 2. The maximum atomic E-state index is 13.1. The summed E-state index contributed by atoms with van der Waals surface area (Å²) in [6, 6.07) is 16.2. The van der Waals surface area contributed by atoms with Gasteiger partial charge in [-0.3, -0.25) is 4.79 Å². The number of nitrogens with zero attached hydrogens (tertiary/aromatic N) is 1. The summed E-state index contributed by atoms with van der Waals surface area (Å²) in [5.41, 5.74) is 3.17. The van der Waals surface area contributed by atoms with Crippen molar-refractivity contribution in [3.8, 4) is 0 Å². The fourth-order valence-corrected chi connectivity index (χ4v) is 4.06. The summed E-state index contributed by atoms with van der Waals surface area (Å²) in [5, 5.41) is 3.75. The maximum absolute atomic E-state index is 13.1. The van der Waals surface area contributed by atoms with E-state index in [1.54, 1.807) is 11.8 Å². The Bertz CT molecular complexity index is 748. The zero-order valence-corrected chi connectivity index (χ0v) is 16.5. The molecule has 136 valence electrons. The average molecular weight is 367 g/mol. The molecule has 0 saturated heterocycles. The van der Waals surface area contributed by atoms with Crippen LogP contribution < -0.4 is 5.32 Å². The first-order chi connectivity index (χ1) is 12.6. The molecule has 0 unspecified atom stereocenters. The zero-order chi connectivity index (χ0) is 18.6. The topological polar surface area (TPSA) is 41.5 Å². The molecule has 2 aromatic rings. The third-order valence-corrected chi connectivity index (χ3v) is 5.70. The number of hydrogen-bond donors (Lipinski definition) is 1. The van der Waals surface area contributed by atoms with Crippen molar-refractivity contribution < 1.29 is 4.79 Å². The van der Waals surface area contributed by atoms with E-state index >= 15 is 0 Å². The second-order valence-electron chi connectivity index (χ2n) is 6.87. The molecule has 1 aliphatic heterocycles. The van der Waals surface area contributed by atoms with E-state index in [9.17, 15) is 4.79 Å². The molecular weight excluding hydrogens is 340 g/mol. The van der Waals surface area contributed by atoms with Crippen molar-refractivity contribution in [3.05, 3.63) is 70.8 Å². The molecule has 3 nitrogen and oxygen atoms in total. The molecule has 0 aliphatic carbocycles. The largest absolute Gasteiger partial charge is 0.303 e. The van der Waals surface area contributed by atoms with Gasteiger partial charge in [-0.15, -0.1) is 0 Å². The normalized spacial score (nSPS) is 15.7. The Morgan fingerprint density at radius 3 is 1.96 bits per heavy atom. The minimum absolute atomic E-state index is 0.0665. The number of nitrogens with one attached hydrogen (secondary N) is 1. The van der Waals surface area contributed by atoms with Crippen LogP contribution in [-0.2, 0) is 10.3 Å². The van der Waals surface area contributed by atoms with Crippen LogP contribution in [0.1, 0.15) is 48.4 Å². The van der Waals surface area contributed by atoms with E-state index in [0.29, 0.717) is 0 Å². The van der Waals surface area contributed by atoms with Gasteiger partial charge >= 0.3 is 0 Å². The smallest absolute Gasteiger partial charge is 0.263 e. The van der Waals surface area contributed by atoms with Gasteiger partial charge in [0.15, 0.2) is 10.7 Å². The molecule has 26 heavy (non-hydrogen) atoms. The van der Waals surface area contributed by atoms with Crippen LogP contribution in [0.5, 0.6) is 0 Å². The third-order valence-electron chi connectivity index (χ3n) is 4.74. The van der Waals surface area contributed by atoms with Gasteiger partial charge in [0.2, 0.25) is 0 Å². The SMILES string of the molecule is CCCCCSC1=NC(c2ccc(C)cc2)(c2ccc(C)cc2)C(=O)N1. The number of aliphatic imine (C=N–C) groups is 1. The summed E-state index contributed by atoms with van der Waals surface area (Å²) in [7, 11) is 0. The molecule has 0 fully saturated rings. The lowest BCUT2D eigenvalue weighted by Gasteiger charge is -2.25. The van der Waals surface area contributed by atoms with E-state index in [1.165, 1.54) is 24.0 Å². The lowest BCUT2D eigenvalue weighted by molar-refractivity contribution is -0.122. The highest BCUT2D eigenvalue weighted by atomic mass is 32.2. The van der Waals surface area contributed by atoms with Gasteiger partial charge in [0.05, 0.1) is 0 Å². The molecule has 4 heteroatoms. The summed E-state index contributed by atoms with van der Waals surface area (Å²) in [4.78, 5) is 18.0. The Balaban J connectivity index is 2.00. The fraction of sp³-hybridized carbons (Fsp3) is 0.364. The number of amidine groups is 1. The first kappa shape index (κ1) is 18.7. The van der Waals surface area contributed by atoms with Gasteiger partial charge in [-0.1, -0.05) is 91.2 Å². The van der Waals surface area contributed by atoms with Crippen LogP contribution in [0.2, 0.25) is 0 Å². The van der Waals surface area contributed by atoms with Crippen LogP contribution in [-0.4, -0.2) is 16.8 Å². The monoisotopic (exact) mass is 366 g/mol. The number of benzene rings is 2. The van der Waals surface area contributed by atoms with Crippen LogP contribution in [0.25, 0.3) is 0 Å². The number of amides is 1. The van der Waals surface area contributed by atoms with E-state index in [4.69, 9.17) is 4.99 Å². The number of hydrogen-bond acceptors (Lipinski definition) is 3. The van der Waals surface area contributed by atoms with Crippen molar-refractivity contribution in [1.29, 1.82) is 0 Å². The molecule has 0 spiro atoms. The third kappa shape index (κ3) is 3.70. The molecule has 0 aromatic heterocycles. The van der Waals surface area contributed by atoms with Gasteiger partial charge in [-0.2, -0.15) is 0 Å². The van der Waals surface area contributed by atoms with Gasteiger partial charge in [-0.05, 0) is 31.4 Å². The van der Waals surface area contributed by atoms with Crippen molar-refractivity contribution in [2.24, 2.45) is 4.99 Å². The summed E-state index contributed by atoms with van der Waals surface area (Å²) in [6.45, 7) is 6.30. The van der Waals surface area contributed by atoms with Crippen LogP contribution in [0.3, 0.4) is 0 Å². The first-order valence-electron chi connectivity index (χ1n) is 9.24. The quantitative estimate of drug-likeness (QED) is 0.735. The molecule has 0 atom stereocenters. The Morgan fingerprint density at radius 1 is 0.923 bits per heavy atom. The summed E-state index contributed by atoms with van der Waals surface area (Å²) >= 11 is 1.64. The van der Waals surface area contributed by atoms with Crippen molar-refractivity contribution in [1.82, 2.24) is 5.32 Å². The molecule has 0 bridgehead atoms.